The molecule has 0 saturated heterocycles. The zero-order valence-corrected chi connectivity index (χ0v) is 19.7. The third kappa shape index (κ3) is 5.72. The molecule has 0 unspecified atom stereocenters. The van der Waals surface area contributed by atoms with Gasteiger partial charge in [0, 0.05) is 4.47 Å². The monoisotopic (exact) mass is 519 g/mol. The van der Waals surface area contributed by atoms with Gasteiger partial charge in [0.15, 0.2) is 0 Å². The Hall–Kier alpha value is -2.68. The van der Waals surface area contributed by atoms with Crippen LogP contribution in [-0.2, 0) is 14.8 Å². The Bertz CT molecular complexity index is 1220. The number of para-hydroxylation sites is 1. The van der Waals surface area contributed by atoms with Gasteiger partial charge in [0.2, 0.25) is 0 Å². The summed E-state index contributed by atoms with van der Waals surface area (Å²) in [6.07, 6.45) is 0. The molecule has 31 heavy (non-hydrogen) atoms. The number of benzene rings is 3. The summed E-state index contributed by atoms with van der Waals surface area (Å²) < 4.78 is 28.4. The highest BCUT2D eigenvalue weighted by atomic mass is 79.9. The van der Waals surface area contributed by atoms with Crippen LogP contribution < -0.4 is 9.73 Å². The standard InChI is InChI=1S/C22H19BrClN3O3S/c1-16(17-8-7-9-18(23)14-17)25-26-22(28)15-27(21-13-6-5-12-20(21)24)31(29,30)19-10-3-2-4-11-19/h2-14H,15H2,1H3,(H,26,28)/b25-16-. The van der Waals surface area contributed by atoms with Crippen molar-refractivity contribution in [1.29, 1.82) is 0 Å². The molecule has 3 aromatic carbocycles. The number of hydrogen-bond donors (Lipinski definition) is 1. The highest BCUT2D eigenvalue weighted by molar-refractivity contribution is 9.10. The largest absolute Gasteiger partial charge is 0.271 e. The molecule has 0 heterocycles. The number of amides is 1. The summed E-state index contributed by atoms with van der Waals surface area (Å²) in [5, 5.41) is 4.31. The average Bonchev–Trinajstić information content (AvgIpc) is 2.77. The first-order chi connectivity index (χ1) is 14.8. The fraction of sp³-hybridized carbons (Fsp3) is 0.0909. The fourth-order valence-corrected chi connectivity index (χ4v) is 4.91. The second kappa shape index (κ2) is 10.1. The number of halogens is 2. The van der Waals surface area contributed by atoms with Crippen LogP contribution in [0.2, 0.25) is 5.02 Å². The topological polar surface area (TPSA) is 78.8 Å². The Kier molecular flexibility index (Phi) is 7.48. The van der Waals surface area contributed by atoms with Gasteiger partial charge < -0.3 is 0 Å². The van der Waals surface area contributed by atoms with Crippen molar-refractivity contribution in [3.8, 4) is 0 Å². The van der Waals surface area contributed by atoms with Crippen molar-refractivity contribution in [3.63, 3.8) is 0 Å². The van der Waals surface area contributed by atoms with Gasteiger partial charge in [-0.1, -0.05) is 70.0 Å². The van der Waals surface area contributed by atoms with Crippen LogP contribution in [0.4, 0.5) is 5.69 Å². The Morgan fingerprint density at radius 1 is 1.03 bits per heavy atom. The molecule has 0 fully saturated rings. The Labute approximate surface area is 194 Å². The molecule has 0 aromatic heterocycles. The number of nitrogens with one attached hydrogen (secondary N) is 1. The van der Waals surface area contributed by atoms with Gasteiger partial charge in [-0.2, -0.15) is 5.10 Å². The molecule has 0 atom stereocenters. The summed E-state index contributed by atoms with van der Waals surface area (Å²) in [6.45, 7) is 1.25. The average molecular weight is 521 g/mol. The predicted molar refractivity (Wildman–Crippen MR) is 127 cm³/mol. The van der Waals surface area contributed by atoms with Gasteiger partial charge in [0.05, 0.1) is 21.3 Å². The number of rotatable bonds is 7. The lowest BCUT2D eigenvalue weighted by molar-refractivity contribution is -0.119. The molecule has 160 valence electrons. The molecule has 1 N–H and O–H groups in total. The fourth-order valence-electron chi connectivity index (χ4n) is 2.76. The molecule has 0 radical (unpaired) electrons. The van der Waals surface area contributed by atoms with Gasteiger partial charge in [0.25, 0.3) is 15.9 Å². The molecule has 0 aliphatic carbocycles. The molecule has 0 bridgehead atoms. The van der Waals surface area contributed by atoms with Gasteiger partial charge in [0.1, 0.15) is 6.54 Å². The van der Waals surface area contributed by atoms with Crippen molar-refractivity contribution in [2.45, 2.75) is 11.8 Å². The molecule has 0 aliphatic heterocycles. The Morgan fingerprint density at radius 2 is 1.71 bits per heavy atom. The van der Waals surface area contributed by atoms with E-state index < -0.39 is 22.5 Å². The van der Waals surface area contributed by atoms with Gasteiger partial charge in [-0.25, -0.2) is 13.8 Å². The molecule has 0 spiro atoms. The second-order valence-electron chi connectivity index (χ2n) is 6.52. The number of nitrogens with zero attached hydrogens (tertiary/aromatic N) is 2. The third-order valence-corrected chi connectivity index (χ3v) is 6.92. The van der Waals surface area contributed by atoms with Gasteiger partial charge in [-0.15, -0.1) is 0 Å². The molecule has 0 saturated carbocycles. The van der Waals surface area contributed by atoms with E-state index in [-0.39, 0.29) is 15.6 Å². The van der Waals surface area contributed by atoms with Crippen LogP contribution >= 0.6 is 27.5 Å². The summed E-state index contributed by atoms with van der Waals surface area (Å²) in [7, 11) is -4.03. The summed E-state index contributed by atoms with van der Waals surface area (Å²) in [5.41, 5.74) is 4.02. The number of carbonyl (C=O) groups is 1. The van der Waals surface area contributed by atoms with Crippen LogP contribution in [0.1, 0.15) is 12.5 Å². The summed E-state index contributed by atoms with van der Waals surface area (Å²) in [6, 6.07) is 21.8. The van der Waals surface area contributed by atoms with Crippen molar-refractivity contribution in [2.24, 2.45) is 5.10 Å². The molecular weight excluding hydrogens is 502 g/mol. The summed E-state index contributed by atoms with van der Waals surface area (Å²) in [4.78, 5) is 12.7. The third-order valence-electron chi connectivity index (χ3n) is 4.33. The minimum atomic E-state index is -4.03. The van der Waals surface area contributed by atoms with Crippen LogP contribution in [0.5, 0.6) is 0 Å². The van der Waals surface area contributed by atoms with Crippen molar-refractivity contribution in [1.82, 2.24) is 5.43 Å². The number of carbonyl (C=O) groups excluding carboxylic acids is 1. The van der Waals surface area contributed by atoms with Crippen molar-refractivity contribution >= 4 is 54.9 Å². The second-order valence-corrected chi connectivity index (χ2v) is 9.70. The van der Waals surface area contributed by atoms with Crippen LogP contribution in [0, 0.1) is 0 Å². The number of anilines is 1. The van der Waals surface area contributed by atoms with E-state index in [1.165, 1.54) is 12.1 Å². The van der Waals surface area contributed by atoms with Crippen molar-refractivity contribution < 1.29 is 13.2 Å². The van der Waals surface area contributed by atoms with Crippen molar-refractivity contribution in [3.05, 3.63) is 93.9 Å². The lowest BCUT2D eigenvalue weighted by Gasteiger charge is -2.24. The zero-order chi connectivity index (χ0) is 22.4. The van der Waals surface area contributed by atoms with Crippen LogP contribution in [0.15, 0.2) is 93.3 Å². The normalized spacial score (nSPS) is 11.8. The minimum Gasteiger partial charge on any atom is -0.271 e. The Balaban J connectivity index is 1.88. The van der Waals surface area contributed by atoms with Gasteiger partial charge in [-0.05, 0) is 48.9 Å². The van der Waals surface area contributed by atoms with E-state index in [4.69, 9.17) is 11.6 Å². The Morgan fingerprint density at radius 3 is 2.39 bits per heavy atom. The molecule has 0 aliphatic rings. The van der Waals surface area contributed by atoms with Gasteiger partial charge in [-0.3, -0.25) is 9.10 Å². The predicted octanol–water partition coefficient (Wildman–Crippen LogP) is 4.84. The highest BCUT2D eigenvalue weighted by Crippen LogP contribution is 2.30. The maximum Gasteiger partial charge on any atom is 0.264 e. The lowest BCUT2D eigenvalue weighted by atomic mass is 10.1. The first kappa shape index (κ1) is 23.0. The quantitative estimate of drug-likeness (QED) is 0.358. The first-order valence-corrected chi connectivity index (χ1v) is 11.8. The van der Waals surface area contributed by atoms with E-state index in [0.29, 0.717) is 5.71 Å². The highest BCUT2D eigenvalue weighted by Gasteiger charge is 2.28. The number of hydrogen-bond acceptors (Lipinski definition) is 4. The van der Waals surface area contributed by atoms with Gasteiger partial charge >= 0.3 is 0 Å². The smallest absolute Gasteiger partial charge is 0.264 e. The maximum absolute atomic E-state index is 13.3. The first-order valence-electron chi connectivity index (χ1n) is 9.20. The molecule has 3 aromatic rings. The van der Waals surface area contributed by atoms with E-state index in [0.717, 1.165) is 14.3 Å². The van der Waals surface area contributed by atoms with E-state index in [9.17, 15) is 13.2 Å². The van der Waals surface area contributed by atoms with Crippen LogP contribution in [-0.4, -0.2) is 26.6 Å². The SMILES string of the molecule is C/C(=N/NC(=O)CN(c1ccccc1Cl)S(=O)(=O)c1ccccc1)c1cccc(Br)c1. The number of hydrazone groups is 1. The lowest BCUT2D eigenvalue weighted by Crippen LogP contribution is -2.40. The maximum atomic E-state index is 13.3. The number of sulfonamides is 1. The summed E-state index contributed by atoms with van der Waals surface area (Å²) in [5.74, 6) is -0.603. The van der Waals surface area contributed by atoms with E-state index in [1.807, 2.05) is 24.3 Å². The summed E-state index contributed by atoms with van der Waals surface area (Å²) >= 11 is 9.64. The molecule has 9 heteroatoms. The van der Waals surface area contributed by atoms with Crippen LogP contribution in [0.3, 0.4) is 0 Å². The molecule has 6 nitrogen and oxygen atoms in total. The van der Waals surface area contributed by atoms with Crippen molar-refractivity contribution in [2.75, 3.05) is 10.8 Å². The minimum absolute atomic E-state index is 0.0523. The molecule has 3 rings (SSSR count). The molecule has 1 amide bonds. The van der Waals surface area contributed by atoms with E-state index in [1.54, 1.807) is 49.4 Å². The van der Waals surface area contributed by atoms with E-state index >= 15 is 0 Å². The van der Waals surface area contributed by atoms with Crippen LogP contribution in [0.25, 0.3) is 0 Å². The molecular formula is C22H19BrClN3O3S. The van der Waals surface area contributed by atoms with E-state index in [2.05, 4.69) is 26.5 Å². The zero-order valence-electron chi connectivity index (χ0n) is 16.5.